The number of hydrogen-bond donors (Lipinski definition) is 0. The van der Waals surface area contributed by atoms with Crippen LogP contribution < -0.4 is 20.7 Å². The number of fused-ring (bicyclic) bond motifs is 2. The van der Waals surface area contributed by atoms with Crippen molar-refractivity contribution in [1.82, 2.24) is 14.5 Å². The summed E-state index contributed by atoms with van der Waals surface area (Å²) in [5.41, 5.74) is 1.83. The minimum atomic E-state index is -0.461. The molecule has 0 aliphatic heterocycles. The molecule has 2 heterocycles. The van der Waals surface area contributed by atoms with E-state index in [1.807, 2.05) is 25.1 Å². The highest BCUT2D eigenvalue weighted by atomic mass is 19.1. The number of benzene rings is 5. The zero-order valence-electron chi connectivity index (χ0n) is 27.6. The molecule has 0 saturated carbocycles. The topological polar surface area (TPSA) is 96.5 Å². The Kier molecular flexibility index (Phi) is 10.1. The fourth-order valence-corrected chi connectivity index (χ4v) is 5.59. The second kappa shape index (κ2) is 14.9. The smallest absolute Gasteiger partial charge is 0.346 e. The summed E-state index contributed by atoms with van der Waals surface area (Å²) >= 11 is 0. The number of rotatable bonds is 8. The van der Waals surface area contributed by atoms with E-state index in [-0.39, 0.29) is 23.2 Å². The van der Waals surface area contributed by atoms with Crippen molar-refractivity contribution in [1.29, 1.82) is 0 Å². The number of halogens is 2. The van der Waals surface area contributed by atoms with Crippen molar-refractivity contribution < 1.29 is 22.7 Å². The first kappa shape index (κ1) is 33.7. The van der Waals surface area contributed by atoms with Crippen LogP contribution in [0, 0.1) is 25.5 Å². The predicted molar refractivity (Wildman–Crippen MR) is 188 cm³/mol. The molecule has 0 fully saturated rings. The third-order valence-electron chi connectivity index (χ3n) is 8.00. The number of hydrogen-bond acceptors (Lipinski definition) is 7. The van der Waals surface area contributed by atoms with Crippen molar-refractivity contribution in [3.05, 3.63) is 165 Å². The molecule has 0 N–H and O–H groups in total. The standard InChI is InChI=1S/C25H23FN2O2.C15H10FNO3/c1-3-20(15-18-7-5-4-6-8-18)28-17(2)27-24-14-13-22(16-23(24)25(28)29)30-21-11-9-19(26)10-12-21;1-9-17-14-7-6-12(8-13(14)15(18)19-9)20-11-4-2-10(16)3-5-11/h4-14,16,20H,3,15H2,1-2H3;2-8H,1H3/t20-;/m1./s1. The predicted octanol–water partition coefficient (Wildman–Crippen LogP) is 9.26. The van der Waals surface area contributed by atoms with E-state index in [2.05, 4.69) is 29.0 Å². The molecule has 0 aliphatic rings. The van der Waals surface area contributed by atoms with Crippen LogP contribution in [0.25, 0.3) is 21.8 Å². The Morgan fingerprint density at radius 3 is 1.76 bits per heavy atom. The van der Waals surface area contributed by atoms with E-state index in [0.29, 0.717) is 56.5 Å². The summed E-state index contributed by atoms with van der Waals surface area (Å²) in [4.78, 5) is 33.9. The van der Waals surface area contributed by atoms with Crippen LogP contribution in [0.15, 0.2) is 129 Å². The quantitative estimate of drug-likeness (QED) is 0.159. The number of aryl methyl sites for hydroxylation is 2. The van der Waals surface area contributed by atoms with Crippen molar-refractivity contribution in [2.75, 3.05) is 0 Å². The molecule has 0 aliphatic carbocycles. The minimum Gasteiger partial charge on any atom is -0.457 e. The SMILES string of the molecule is CC[C@H](Cc1ccccc1)n1c(C)nc2ccc(Oc3ccc(F)cc3)cc2c1=O.Cc1nc2ccc(Oc3ccc(F)cc3)cc2c(=O)o1. The molecule has 0 amide bonds. The number of ether oxygens (including phenoxy) is 2. The minimum absolute atomic E-state index is 0.0125. The molecular formula is C40H33F2N3O5. The van der Waals surface area contributed by atoms with Gasteiger partial charge < -0.3 is 13.9 Å². The third-order valence-corrected chi connectivity index (χ3v) is 8.00. The van der Waals surface area contributed by atoms with Gasteiger partial charge in [0.15, 0.2) is 5.89 Å². The molecule has 0 spiro atoms. The molecule has 2 aromatic heterocycles. The number of nitrogens with zero attached hydrogens (tertiary/aromatic N) is 3. The lowest BCUT2D eigenvalue weighted by atomic mass is 10.0. The Hall–Kier alpha value is -6.16. The van der Waals surface area contributed by atoms with Crippen LogP contribution in [0.2, 0.25) is 0 Å². The maximum absolute atomic E-state index is 13.4. The van der Waals surface area contributed by atoms with E-state index in [1.54, 1.807) is 60.0 Å². The van der Waals surface area contributed by atoms with Crippen LogP contribution in [-0.4, -0.2) is 14.5 Å². The first-order valence-electron chi connectivity index (χ1n) is 16.0. The zero-order valence-corrected chi connectivity index (χ0v) is 27.6. The van der Waals surface area contributed by atoms with Gasteiger partial charge in [-0.25, -0.2) is 23.5 Å². The monoisotopic (exact) mass is 673 g/mol. The maximum atomic E-state index is 13.4. The van der Waals surface area contributed by atoms with Gasteiger partial charge in [0.05, 0.1) is 21.8 Å². The molecule has 0 unspecified atom stereocenters. The molecule has 8 nitrogen and oxygen atoms in total. The van der Waals surface area contributed by atoms with Gasteiger partial charge in [0.2, 0.25) is 0 Å². The third kappa shape index (κ3) is 7.92. The lowest BCUT2D eigenvalue weighted by molar-refractivity contribution is 0.455. The first-order chi connectivity index (χ1) is 24.2. The molecular weight excluding hydrogens is 640 g/mol. The number of aromatic nitrogens is 3. The summed E-state index contributed by atoms with van der Waals surface area (Å²) in [5.74, 6) is 2.31. The molecule has 10 heteroatoms. The van der Waals surface area contributed by atoms with E-state index in [1.165, 1.54) is 42.0 Å². The molecule has 7 aromatic rings. The maximum Gasteiger partial charge on any atom is 0.346 e. The van der Waals surface area contributed by atoms with Gasteiger partial charge in [0.1, 0.15) is 40.5 Å². The zero-order chi connectivity index (χ0) is 35.2. The van der Waals surface area contributed by atoms with Crippen molar-refractivity contribution >= 4 is 21.8 Å². The summed E-state index contributed by atoms with van der Waals surface area (Å²) in [6.45, 7) is 5.57. The normalized spacial score (nSPS) is 11.5. The summed E-state index contributed by atoms with van der Waals surface area (Å²) < 4.78 is 44.0. The van der Waals surface area contributed by atoms with E-state index in [0.717, 1.165) is 12.8 Å². The van der Waals surface area contributed by atoms with Crippen molar-refractivity contribution in [3.8, 4) is 23.0 Å². The van der Waals surface area contributed by atoms with E-state index in [9.17, 15) is 18.4 Å². The van der Waals surface area contributed by atoms with Gasteiger partial charge in [-0.05, 0) is 110 Å². The highest BCUT2D eigenvalue weighted by Gasteiger charge is 2.17. The fraction of sp³-hybridized carbons (Fsp3) is 0.150. The van der Waals surface area contributed by atoms with Gasteiger partial charge in [-0.1, -0.05) is 37.3 Å². The summed E-state index contributed by atoms with van der Waals surface area (Å²) in [7, 11) is 0. The van der Waals surface area contributed by atoms with E-state index in [4.69, 9.17) is 13.9 Å². The van der Waals surface area contributed by atoms with E-state index >= 15 is 0 Å². The van der Waals surface area contributed by atoms with Gasteiger partial charge in [-0.3, -0.25) is 9.36 Å². The van der Waals surface area contributed by atoms with Gasteiger partial charge in [-0.15, -0.1) is 0 Å². The molecule has 50 heavy (non-hydrogen) atoms. The van der Waals surface area contributed by atoms with Gasteiger partial charge in [0, 0.05) is 13.0 Å². The fourth-order valence-electron chi connectivity index (χ4n) is 5.59. The van der Waals surface area contributed by atoms with Gasteiger partial charge in [0.25, 0.3) is 5.56 Å². The lowest BCUT2D eigenvalue weighted by Gasteiger charge is -2.21. The Balaban J connectivity index is 0.000000187. The summed E-state index contributed by atoms with van der Waals surface area (Å²) in [6.07, 6.45) is 1.58. The molecule has 1 atom stereocenters. The van der Waals surface area contributed by atoms with Crippen molar-refractivity contribution in [2.24, 2.45) is 0 Å². The van der Waals surface area contributed by atoms with Crippen LogP contribution in [0.1, 0.15) is 36.7 Å². The molecule has 0 radical (unpaired) electrons. The highest BCUT2D eigenvalue weighted by Crippen LogP contribution is 2.26. The van der Waals surface area contributed by atoms with Crippen LogP contribution in [0.5, 0.6) is 23.0 Å². The Bertz CT molecular complexity index is 2380. The summed E-state index contributed by atoms with van der Waals surface area (Å²) in [5, 5.41) is 0.849. The average molecular weight is 674 g/mol. The lowest BCUT2D eigenvalue weighted by Crippen LogP contribution is -2.29. The second-order valence-electron chi connectivity index (χ2n) is 11.6. The highest BCUT2D eigenvalue weighted by molar-refractivity contribution is 5.80. The average Bonchev–Trinajstić information content (AvgIpc) is 3.11. The van der Waals surface area contributed by atoms with E-state index < -0.39 is 5.63 Å². The molecule has 252 valence electrons. The Morgan fingerprint density at radius 1 is 0.680 bits per heavy atom. The Labute approximate surface area is 286 Å². The van der Waals surface area contributed by atoms with Crippen LogP contribution >= 0.6 is 0 Å². The molecule has 7 rings (SSSR count). The van der Waals surface area contributed by atoms with Crippen molar-refractivity contribution in [3.63, 3.8) is 0 Å². The second-order valence-corrected chi connectivity index (χ2v) is 11.6. The van der Waals surface area contributed by atoms with Gasteiger partial charge in [-0.2, -0.15) is 0 Å². The molecule has 0 bridgehead atoms. The first-order valence-corrected chi connectivity index (χ1v) is 16.0. The van der Waals surface area contributed by atoms with Crippen LogP contribution in [0.4, 0.5) is 8.78 Å². The van der Waals surface area contributed by atoms with Gasteiger partial charge >= 0.3 is 5.63 Å². The molecule has 0 saturated heterocycles. The summed E-state index contributed by atoms with van der Waals surface area (Å²) in [6, 6.07) is 31.8. The largest absolute Gasteiger partial charge is 0.457 e. The van der Waals surface area contributed by atoms with Crippen molar-refractivity contribution in [2.45, 2.75) is 39.7 Å². The van der Waals surface area contributed by atoms with Crippen LogP contribution in [-0.2, 0) is 6.42 Å². The van der Waals surface area contributed by atoms with Crippen LogP contribution in [0.3, 0.4) is 0 Å². The Morgan fingerprint density at radius 2 is 1.20 bits per heavy atom. The molecule has 5 aromatic carbocycles.